The average molecular weight is 405 g/mol. The molecule has 0 heterocycles. The maximum absolute atomic E-state index is 11.1. The Labute approximate surface area is 121 Å². The Balaban J connectivity index is 0.00000289. The zero-order chi connectivity index (χ0) is 13.2. The van der Waals surface area contributed by atoms with E-state index in [9.17, 15) is 13.2 Å². The van der Waals surface area contributed by atoms with Crippen molar-refractivity contribution in [1.29, 1.82) is 0 Å². The lowest BCUT2D eigenvalue weighted by Crippen LogP contribution is -2.33. The molecule has 2 amide bonds. The second kappa shape index (κ2) is 6.48. The Morgan fingerprint density at radius 2 is 1.72 bits per heavy atom. The van der Waals surface area contributed by atoms with Crippen molar-refractivity contribution in [3.63, 3.8) is 0 Å². The largest absolute Gasteiger partial charge is 0.361 e. The second-order valence-corrected chi connectivity index (χ2v) is 5.96. The number of benzene rings is 1. The van der Waals surface area contributed by atoms with Gasteiger partial charge in [-0.2, -0.15) is 8.42 Å². The molecule has 0 aliphatic heterocycles. The minimum atomic E-state index is -4.56. The molecule has 0 aliphatic carbocycles. The van der Waals surface area contributed by atoms with E-state index in [0.29, 0.717) is 5.69 Å². The van der Waals surface area contributed by atoms with Gasteiger partial charge in [0.1, 0.15) is 0 Å². The van der Waals surface area contributed by atoms with Gasteiger partial charge in [-0.25, -0.2) is 9.52 Å². The maximum Gasteiger partial charge on any atom is 0.361 e. The van der Waals surface area contributed by atoms with Gasteiger partial charge in [0.05, 0.1) is 0 Å². The van der Waals surface area contributed by atoms with Crippen LogP contribution in [0.15, 0.2) is 21.1 Å². The number of nitrogens with one attached hydrogen (secondary N) is 2. The van der Waals surface area contributed by atoms with Gasteiger partial charge in [0.2, 0.25) is 0 Å². The fraction of sp³-hybridized carbons (Fsp3) is 0.125. The monoisotopic (exact) mass is 403 g/mol. The molecule has 0 saturated carbocycles. The van der Waals surface area contributed by atoms with Gasteiger partial charge in [-0.1, -0.05) is 31.9 Å². The summed E-state index contributed by atoms with van der Waals surface area (Å²) < 4.78 is 32.0. The summed E-state index contributed by atoms with van der Waals surface area (Å²) >= 11 is 6.56. The van der Waals surface area contributed by atoms with Gasteiger partial charge in [0.25, 0.3) is 0 Å². The molecule has 0 spiro atoms. The highest BCUT2D eigenvalue weighted by Crippen LogP contribution is 2.28. The normalized spacial score (nSPS) is 10.4. The third-order valence-electron chi connectivity index (χ3n) is 1.76. The van der Waals surface area contributed by atoms with Crippen molar-refractivity contribution in [2.75, 3.05) is 5.32 Å². The summed E-state index contributed by atoms with van der Waals surface area (Å²) in [5.74, 6) is 0. The van der Waals surface area contributed by atoms with E-state index in [0.717, 1.165) is 14.5 Å². The van der Waals surface area contributed by atoms with Gasteiger partial charge in [0.15, 0.2) is 0 Å². The molecule has 0 radical (unpaired) electrons. The van der Waals surface area contributed by atoms with Gasteiger partial charge in [-0.15, -0.1) is 0 Å². The van der Waals surface area contributed by atoms with Crippen molar-refractivity contribution in [3.05, 3.63) is 26.6 Å². The lowest BCUT2D eigenvalue weighted by atomic mass is 10.2. The SMILES string of the molecule is Cc1c(Br)cc(NC(=O)NS(=O)(=O)O)cc1Br.N. The maximum atomic E-state index is 11.1. The van der Waals surface area contributed by atoms with Crippen LogP contribution >= 0.6 is 31.9 Å². The molecule has 1 rings (SSSR count). The van der Waals surface area contributed by atoms with Crippen LogP contribution < -0.4 is 16.2 Å². The van der Waals surface area contributed by atoms with Crippen LogP contribution in [0.1, 0.15) is 5.56 Å². The molecule has 7 nitrogen and oxygen atoms in total. The van der Waals surface area contributed by atoms with E-state index >= 15 is 0 Å². The Bertz CT molecular complexity index is 538. The number of rotatable bonds is 2. The summed E-state index contributed by atoms with van der Waals surface area (Å²) in [6, 6.07) is 2.16. The molecule has 0 aliphatic rings. The lowest BCUT2D eigenvalue weighted by Gasteiger charge is -2.08. The summed E-state index contributed by atoms with van der Waals surface area (Å²) in [5, 5.41) is 2.26. The molecule has 0 bridgehead atoms. The zero-order valence-electron chi connectivity index (χ0n) is 9.20. The molecule has 10 heteroatoms. The van der Waals surface area contributed by atoms with Crippen LogP contribution in [0, 0.1) is 6.92 Å². The highest BCUT2D eigenvalue weighted by Gasteiger charge is 2.11. The summed E-state index contributed by atoms with van der Waals surface area (Å²) in [7, 11) is -4.56. The summed E-state index contributed by atoms with van der Waals surface area (Å²) in [6.07, 6.45) is 0. The van der Waals surface area contributed by atoms with Crippen LogP contribution in [0.5, 0.6) is 0 Å². The minimum absolute atomic E-state index is 0. The Morgan fingerprint density at radius 1 is 1.28 bits per heavy atom. The molecule has 18 heavy (non-hydrogen) atoms. The van der Waals surface area contributed by atoms with Crippen LogP contribution in [0.2, 0.25) is 0 Å². The van der Waals surface area contributed by atoms with E-state index in [1.54, 1.807) is 12.1 Å². The topological polar surface area (TPSA) is 130 Å². The quantitative estimate of drug-likeness (QED) is 0.562. The van der Waals surface area contributed by atoms with E-state index in [1.165, 1.54) is 4.72 Å². The standard InChI is InChI=1S/C8H8Br2N2O4S.H3N/c1-4-6(9)2-5(3-7(4)10)11-8(13)12-17(14,15)16;/h2-3H,1H3,(H2,11,12,13)(H,14,15,16);1H3. The molecule has 0 aromatic heterocycles. The minimum Gasteiger partial charge on any atom is -0.344 e. The highest BCUT2D eigenvalue weighted by atomic mass is 79.9. The number of hydrogen-bond acceptors (Lipinski definition) is 4. The van der Waals surface area contributed by atoms with Gasteiger partial charge in [-0.3, -0.25) is 4.55 Å². The van der Waals surface area contributed by atoms with Crippen molar-refractivity contribution < 1.29 is 17.8 Å². The first-order valence-electron chi connectivity index (χ1n) is 4.21. The zero-order valence-corrected chi connectivity index (χ0v) is 13.2. The number of urea groups is 1. The third-order valence-corrected chi connectivity index (χ3v) is 3.85. The van der Waals surface area contributed by atoms with Crippen molar-refractivity contribution in [3.8, 4) is 0 Å². The van der Waals surface area contributed by atoms with E-state index in [2.05, 4.69) is 37.2 Å². The number of carbonyl (C=O) groups excluding carboxylic acids is 1. The summed E-state index contributed by atoms with van der Waals surface area (Å²) in [4.78, 5) is 11.1. The van der Waals surface area contributed by atoms with Crippen molar-refractivity contribution >= 4 is 53.9 Å². The third kappa shape index (κ3) is 5.31. The number of hydrogen-bond donors (Lipinski definition) is 4. The van der Waals surface area contributed by atoms with Crippen LogP contribution in [-0.4, -0.2) is 19.0 Å². The molecular weight excluding hydrogens is 394 g/mol. The highest BCUT2D eigenvalue weighted by molar-refractivity contribution is 9.11. The number of carbonyl (C=O) groups is 1. The van der Waals surface area contributed by atoms with Gasteiger partial charge < -0.3 is 11.5 Å². The van der Waals surface area contributed by atoms with Gasteiger partial charge >= 0.3 is 16.3 Å². The van der Waals surface area contributed by atoms with E-state index in [-0.39, 0.29) is 6.15 Å². The predicted octanol–water partition coefficient (Wildman–Crippen LogP) is 2.61. The molecule has 0 atom stereocenters. The first-order valence-corrected chi connectivity index (χ1v) is 7.23. The fourth-order valence-electron chi connectivity index (χ4n) is 0.991. The van der Waals surface area contributed by atoms with E-state index in [4.69, 9.17) is 4.55 Å². The first-order chi connectivity index (χ1) is 7.69. The lowest BCUT2D eigenvalue weighted by molar-refractivity contribution is 0.255. The van der Waals surface area contributed by atoms with Crippen LogP contribution in [0.4, 0.5) is 10.5 Å². The molecule has 0 unspecified atom stereocenters. The molecule has 0 fully saturated rings. The van der Waals surface area contributed by atoms with Gasteiger partial charge in [-0.05, 0) is 24.6 Å². The Morgan fingerprint density at radius 3 is 2.11 bits per heavy atom. The number of amides is 2. The van der Waals surface area contributed by atoms with E-state index in [1.807, 2.05) is 6.92 Å². The number of anilines is 1. The number of halogens is 2. The fourth-order valence-corrected chi connectivity index (χ4v) is 2.46. The van der Waals surface area contributed by atoms with Crippen molar-refractivity contribution in [2.45, 2.75) is 6.92 Å². The molecule has 0 saturated heterocycles. The summed E-state index contributed by atoms with van der Waals surface area (Å²) in [5.41, 5.74) is 1.31. The predicted molar refractivity (Wildman–Crippen MR) is 75.3 cm³/mol. The molecule has 1 aromatic carbocycles. The Hall–Kier alpha value is -0.680. The van der Waals surface area contributed by atoms with Crippen molar-refractivity contribution in [2.24, 2.45) is 0 Å². The molecule has 102 valence electrons. The molecular formula is C8H11Br2N3O4S. The summed E-state index contributed by atoms with van der Waals surface area (Å²) in [6.45, 7) is 1.86. The molecule has 1 aromatic rings. The Kier molecular flexibility index (Phi) is 6.23. The van der Waals surface area contributed by atoms with Crippen LogP contribution in [0.3, 0.4) is 0 Å². The molecule has 6 N–H and O–H groups in total. The first kappa shape index (κ1) is 17.3. The van der Waals surface area contributed by atoms with Gasteiger partial charge in [0, 0.05) is 14.6 Å². The van der Waals surface area contributed by atoms with Crippen LogP contribution in [0.25, 0.3) is 0 Å². The second-order valence-electron chi connectivity index (χ2n) is 3.10. The van der Waals surface area contributed by atoms with E-state index < -0.39 is 16.3 Å². The van der Waals surface area contributed by atoms with Crippen LogP contribution in [-0.2, 0) is 10.3 Å². The van der Waals surface area contributed by atoms with Crippen molar-refractivity contribution in [1.82, 2.24) is 10.9 Å². The average Bonchev–Trinajstić information content (AvgIpc) is 2.10. The smallest absolute Gasteiger partial charge is 0.344 e.